The van der Waals surface area contributed by atoms with Gasteiger partial charge in [0.15, 0.2) is 0 Å². The molecular weight excluding hydrogens is 482 g/mol. The van der Waals surface area contributed by atoms with E-state index in [2.05, 4.69) is 16.6 Å². The van der Waals surface area contributed by atoms with Crippen LogP contribution in [-0.2, 0) is 14.3 Å². The van der Waals surface area contributed by atoms with E-state index in [1.807, 2.05) is 39.8 Å². The first-order valence-corrected chi connectivity index (χ1v) is 12.6. The molecule has 2 unspecified atom stereocenters. The largest absolute Gasteiger partial charge is 0.444 e. The molecule has 2 atom stereocenters. The Morgan fingerprint density at radius 1 is 1.05 bits per heavy atom. The number of anilines is 1. The van der Waals surface area contributed by atoms with Gasteiger partial charge in [0, 0.05) is 16.8 Å². The van der Waals surface area contributed by atoms with E-state index in [1.54, 1.807) is 57.2 Å². The van der Waals surface area contributed by atoms with E-state index in [0.717, 1.165) is 5.56 Å². The van der Waals surface area contributed by atoms with E-state index < -0.39 is 47.7 Å². The molecule has 8 heteroatoms. The summed E-state index contributed by atoms with van der Waals surface area (Å²) < 4.78 is 5.30. The van der Waals surface area contributed by atoms with Crippen LogP contribution >= 0.6 is 0 Å². The minimum absolute atomic E-state index is 0.447. The number of benzene rings is 2. The summed E-state index contributed by atoms with van der Waals surface area (Å²) in [7, 11) is 0. The molecule has 0 fully saturated rings. The Labute approximate surface area is 225 Å². The van der Waals surface area contributed by atoms with Gasteiger partial charge in [0.1, 0.15) is 17.7 Å². The van der Waals surface area contributed by atoms with Gasteiger partial charge in [-0.2, -0.15) is 0 Å². The van der Waals surface area contributed by atoms with E-state index in [0.29, 0.717) is 23.2 Å². The molecule has 3 amide bonds. The van der Waals surface area contributed by atoms with Crippen molar-refractivity contribution in [2.75, 3.05) is 11.9 Å². The summed E-state index contributed by atoms with van der Waals surface area (Å²) in [4.78, 5) is 42.0. The number of nitrogens with one attached hydrogen (secondary N) is 2. The first-order valence-electron chi connectivity index (χ1n) is 12.6. The van der Waals surface area contributed by atoms with Crippen LogP contribution in [0, 0.1) is 19.3 Å². The number of aliphatic hydroxyl groups excluding tert-OH is 1. The maximum Gasteiger partial charge on any atom is 0.408 e. The van der Waals surface area contributed by atoms with Crippen LogP contribution < -0.4 is 10.6 Å². The number of amides is 3. The number of hydrogen-bond acceptors (Lipinski definition) is 5. The maximum absolute atomic E-state index is 14.1. The number of carbonyl (C=O) groups excluding carboxylic acids is 3. The van der Waals surface area contributed by atoms with Gasteiger partial charge in [-0.25, -0.2) is 4.79 Å². The number of nitrogens with zero attached hydrogens (tertiary/aromatic N) is 1. The molecule has 0 saturated heterocycles. The molecule has 0 aliphatic rings. The van der Waals surface area contributed by atoms with Gasteiger partial charge in [0.25, 0.3) is 5.91 Å². The normalized spacial score (nSPS) is 13.0. The zero-order valence-corrected chi connectivity index (χ0v) is 23.3. The van der Waals surface area contributed by atoms with Crippen LogP contribution in [-0.4, -0.2) is 51.7 Å². The lowest BCUT2D eigenvalue weighted by atomic mass is 9.90. The topological polar surface area (TPSA) is 108 Å². The summed E-state index contributed by atoms with van der Waals surface area (Å²) in [6, 6.07) is 11.7. The number of alkyl carbamates (subject to hydrolysis) is 1. The average molecular weight is 522 g/mol. The summed E-state index contributed by atoms with van der Waals surface area (Å²) in [6.45, 7) is 11.8. The molecular formula is C30H39N3O5. The Balaban J connectivity index is 2.66. The molecule has 38 heavy (non-hydrogen) atoms. The molecule has 0 radical (unpaired) electrons. The van der Waals surface area contributed by atoms with Gasteiger partial charge in [0.05, 0.1) is 6.61 Å². The number of ether oxygens (including phenoxy) is 1. The van der Waals surface area contributed by atoms with Gasteiger partial charge in [-0.1, -0.05) is 49.2 Å². The van der Waals surface area contributed by atoms with E-state index >= 15 is 0 Å². The second kappa shape index (κ2) is 12.6. The number of hydrogen-bond donors (Lipinski definition) is 3. The number of terminal acetylenes is 1. The molecule has 0 heterocycles. The second-order valence-corrected chi connectivity index (χ2v) is 10.7. The van der Waals surface area contributed by atoms with Crippen LogP contribution in [0.15, 0.2) is 48.5 Å². The first-order chi connectivity index (χ1) is 17.8. The van der Waals surface area contributed by atoms with Crippen LogP contribution in [0.5, 0.6) is 0 Å². The number of aliphatic hydroxyl groups is 1. The Morgan fingerprint density at radius 2 is 1.66 bits per heavy atom. The number of aryl methyl sites for hydroxylation is 1. The Kier molecular flexibility index (Phi) is 10.1. The predicted octanol–water partition coefficient (Wildman–Crippen LogP) is 4.56. The number of rotatable bonds is 9. The third kappa shape index (κ3) is 7.59. The van der Waals surface area contributed by atoms with Gasteiger partial charge >= 0.3 is 6.09 Å². The Hall–Kier alpha value is -3.83. The van der Waals surface area contributed by atoms with Crippen molar-refractivity contribution in [1.82, 2.24) is 10.2 Å². The molecule has 0 spiro atoms. The first kappa shape index (κ1) is 30.4. The van der Waals surface area contributed by atoms with Gasteiger partial charge in [0.2, 0.25) is 5.91 Å². The van der Waals surface area contributed by atoms with Crippen molar-refractivity contribution >= 4 is 23.6 Å². The molecule has 0 saturated carbocycles. The lowest BCUT2D eigenvalue weighted by Gasteiger charge is -2.44. The summed E-state index contributed by atoms with van der Waals surface area (Å²) in [5.74, 6) is 1.48. The van der Waals surface area contributed by atoms with Crippen molar-refractivity contribution in [3.63, 3.8) is 0 Å². The van der Waals surface area contributed by atoms with Gasteiger partial charge in [-0.15, -0.1) is 6.42 Å². The highest BCUT2D eigenvalue weighted by Gasteiger charge is 2.43. The van der Waals surface area contributed by atoms with Crippen LogP contribution in [0.25, 0.3) is 0 Å². The minimum Gasteiger partial charge on any atom is -0.444 e. The van der Waals surface area contributed by atoms with Gasteiger partial charge in [-0.05, 0) is 71.2 Å². The van der Waals surface area contributed by atoms with Crippen LogP contribution in [0.3, 0.4) is 0 Å². The van der Waals surface area contributed by atoms with E-state index in [9.17, 15) is 19.5 Å². The van der Waals surface area contributed by atoms with Crippen molar-refractivity contribution in [3.05, 3.63) is 65.2 Å². The summed E-state index contributed by atoms with van der Waals surface area (Å²) in [5.41, 5.74) is 0.644. The zero-order chi connectivity index (χ0) is 28.7. The molecule has 2 aromatic carbocycles. The minimum atomic E-state index is -1.36. The quantitative estimate of drug-likeness (QED) is 0.420. The van der Waals surface area contributed by atoms with Crippen molar-refractivity contribution < 1.29 is 24.2 Å². The Morgan fingerprint density at radius 3 is 2.21 bits per heavy atom. The Bertz CT molecular complexity index is 1190. The fourth-order valence-electron chi connectivity index (χ4n) is 3.93. The van der Waals surface area contributed by atoms with Gasteiger partial charge < -0.3 is 25.4 Å². The molecule has 204 valence electrons. The molecule has 0 aliphatic carbocycles. The summed E-state index contributed by atoms with van der Waals surface area (Å²) >= 11 is 0. The highest BCUT2D eigenvalue weighted by atomic mass is 16.6. The SMILES string of the molecule is C#Cc1ccccc1C(C(=O)Nc1ccccc1C)N(C(=O)C(CO)NC(=O)OC(C)(C)C)C(C)(C)CC. The monoisotopic (exact) mass is 521 g/mol. The maximum atomic E-state index is 14.1. The van der Waals surface area contributed by atoms with Crippen LogP contribution in [0.4, 0.5) is 10.5 Å². The average Bonchev–Trinajstić information content (AvgIpc) is 2.85. The van der Waals surface area contributed by atoms with E-state index in [4.69, 9.17) is 11.2 Å². The third-order valence-electron chi connectivity index (χ3n) is 6.25. The van der Waals surface area contributed by atoms with Crippen LogP contribution in [0.2, 0.25) is 0 Å². The lowest BCUT2D eigenvalue weighted by molar-refractivity contribution is -0.148. The van der Waals surface area contributed by atoms with Crippen molar-refractivity contribution in [3.8, 4) is 12.3 Å². The molecule has 0 aromatic heterocycles. The number of para-hydroxylation sites is 1. The van der Waals surface area contributed by atoms with E-state index in [1.165, 1.54) is 4.90 Å². The van der Waals surface area contributed by atoms with Crippen LogP contribution in [0.1, 0.15) is 70.7 Å². The van der Waals surface area contributed by atoms with Crippen molar-refractivity contribution in [2.45, 2.75) is 78.1 Å². The molecule has 0 aliphatic heterocycles. The molecule has 0 bridgehead atoms. The standard InChI is InChI=1S/C30H39N3O5/c1-9-21-16-12-13-17-22(21)25(26(35)31-23-18-14-11-15-20(23)3)33(30(7,8)10-2)27(36)24(19-34)32-28(37)38-29(4,5)6/h1,11-18,24-25,34H,10,19H2,2-8H3,(H,31,35)(H,32,37). The van der Waals surface area contributed by atoms with E-state index in [-0.39, 0.29) is 0 Å². The summed E-state index contributed by atoms with van der Waals surface area (Å²) in [6.07, 6.45) is 5.41. The predicted molar refractivity (Wildman–Crippen MR) is 148 cm³/mol. The molecule has 2 rings (SSSR count). The third-order valence-corrected chi connectivity index (χ3v) is 6.25. The van der Waals surface area contributed by atoms with Crippen molar-refractivity contribution in [2.24, 2.45) is 0 Å². The molecule has 2 aromatic rings. The fraction of sp³-hybridized carbons (Fsp3) is 0.433. The highest BCUT2D eigenvalue weighted by molar-refractivity contribution is 6.00. The smallest absolute Gasteiger partial charge is 0.408 e. The molecule has 3 N–H and O–H groups in total. The number of carbonyl (C=O) groups is 3. The zero-order valence-electron chi connectivity index (χ0n) is 23.3. The fourth-order valence-corrected chi connectivity index (χ4v) is 3.93. The lowest BCUT2D eigenvalue weighted by Crippen LogP contribution is -2.59. The molecule has 8 nitrogen and oxygen atoms in total. The van der Waals surface area contributed by atoms with Crippen molar-refractivity contribution in [1.29, 1.82) is 0 Å². The second-order valence-electron chi connectivity index (χ2n) is 10.7. The summed E-state index contributed by atoms with van der Waals surface area (Å²) in [5, 5.41) is 15.5. The van der Waals surface area contributed by atoms with Gasteiger partial charge in [-0.3, -0.25) is 9.59 Å². The highest BCUT2D eigenvalue weighted by Crippen LogP contribution is 2.34.